The third-order valence-electron chi connectivity index (χ3n) is 5.02. The number of nitrogens with zero attached hydrogens (tertiary/aromatic N) is 4. The predicted molar refractivity (Wildman–Crippen MR) is 105 cm³/mol. The fourth-order valence-corrected chi connectivity index (χ4v) is 4.59. The first-order valence-corrected chi connectivity index (χ1v) is 9.26. The van der Waals surface area contributed by atoms with Crippen molar-refractivity contribution in [2.75, 3.05) is 19.6 Å². The van der Waals surface area contributed by atoms with Gasteiger partial charge < -0.3 is 5.73 Å². The van der Waals surface area contributed by atoms with Gasteiger partial charge in [0.1, 0.15) is 5.01 Å². The lowest BCUT2D eigenvalue weighted by molar-refractivity contribution is 0.310. The Bertz CT molecular complexity index is 844. The SMILES string of the molecule is Cc1nn2c(CN3C[C@@H](CN)[C@H](c4ccccc4)C3)c(C)nc2s1.Cl. The molecule has 0 unspecified atom stereocenters. The Morgan fingerprint density at radius 3 is 2.68 bits per heavy atom. The molecule has 1 aliphatic heterocycles. The van der Waals surface area contributed by atoms with Crippen molar-refractivity contribution in [3.05, 3.63) is 52.3 Å². The van der Waals surface area contributed by atoms with Gasteiger partial charge in [0.15, 0.2) is 0 Å². The van der Waals surface area contributed by atoms with Crippen molar-refractivity contribution in [3.8, 4) is 0 Å². The van der Waals surface area contributed by atoms with Gasteiger partial charge in [-0.25, -0.2) is 9.50 Å². The molecule has 0 radical (unpaired) electrons. The van der Waals surface area contributed by atoms with Crippen molar-refractivity contribution in [3.63, 3.8) is 0 Å². The molecule has 0 bridgehead atoms. The number of benzene rings is 1. The Morgan fingerprint density at radius 2 is 1.96 bits per heavy atom. The summed E-state index contributed by atoms with van der Waals surface area (Å²) in [6.45, 7) is 7.80. The molecule has 3 aromatic rings. The zero-order valence-electron chi connectivity index (χ0n) is 14.6. The summed E-state index contributed by atoms with van der Waals surface area (Å²) in [4.78, 5) is 8.15. The third kappa shape index (κ3) is 3.44. The van der Waals surface area contributed by atoms with Crippen molar-refractivity contribution in [1.29, 1.82) is 0 Å². The number of aromatic nitrogens is 3. The molecule has 2 atom stereocenters. The second-order valence-corrected chi connectivity index (χ2v) is 7.83. The van der Waals surface area contributed by atoms with Gasteiger partial charge in [0.2, 0.25) is 4.96 Å². The highest BCUT2D eigenvalue weighted by Gasteiger charge is 2.33. The quantitative estimate of drug-likeness (QED) is 0.759. The van der Waals surface area contributed by atoms with Crippen molar-refractivity contribution in [2.24, 2.45) is 11.7 Å². The summed E-state index contributed by atoms with van der Waals surface area (Å²) >= 11 is 1.65. The van der Waals surface area contributed by atoms with Gasteiger partial charge in [-0.05, 0) is 31.9 Å². The summed E-state index contributed by atoms with van der Waals surface area (Å²) < 4.78 is 2.02. The topological polar surface area (TPSA) is 59.5 Å². The van der Waals surface area contributed by atoms with E-state index in [1.54, 1.807) is 11.3 Å². The van der Waals surface area contributed by atoms with E-state index in [9.17, 15) is 0 Å². The second-order valence-electron chi connectivity index (χ2n) is 6.67. The maximum Gasteiger partial charge on any atom is 0.212 e. The van der Waals surface area contributed by atoms with Crippen molar-refractivity contribution in [2.45, 2.75) is 26.3 Å². The summed E-state index contributed by atoms with van der Waals surface area (Å²) in [6, 6.07) is 10.8. The third-order valence-corrected chi connectivity index (χ3v) is 5.84. The number of nitrogens with two attached hydrogens (primary N) is 1. The van der Waals surface area contributed by atoms with Crippen LogP contribution in [0.5, 0.6) is 0 Å². The van der Waals surface area contributed by atoms with Crippen LogP contribution in [0.1, 0.15) is 27.9 Å². The summed E-state index contributed by atoms with van der Waals surface area (Å²) in [6.07, 6.45) is 0. The number of rotatable bonds is 4. The van der Waals surface area contributed by atoms with Gasteiger partial charge >= 0.3 is 0 Å². The molecule has 3 heterocycles. The van der Waals surface area contributed by atoms with Crippen LogP contribution in [-0.4, -0.2) is 39.1 Å². The average molecular weight is 378 g/mol. The molecule has 4 rings (SSSR count). The van der Waals surface area contributed by atoms with E-state index < -0.39 is 0 Å². The molecule has 0 amide bonds. The highest BCUT2D eigenvalue weighted by Crippen LogP contribution is 2.33. The van der Waals surface area contributed by atoms with E-state index in [0.29, 0.717) is 11.8 Å². The summed E-state index contributed by atoms with van der Waals surface area (Å²) in [5.74, 6) is 1.02. The minimum absolute atomic E-state index is 0. The lowest BCUT2D eigenvalue weighted by Crippen LogP contribution is -2.24. The zero-order valence-corrected chi connectivity index (χ0v) is 16.2. The second kappa shape index (κ2) is 7.41. The minimum Gasteiger partial charge on any atom is -0.330 e. The van der Waals surface area contributed by atoms with Crippen LogP contribution >= 0.6 is 23.7 Å². The van der Waals surface area contributed by atoms with E-state index in [4.69, 9.17) is 5.73 Å². The van der Waals surface area contributed by atoms with Gasteiger partial charge in [0.05, 0.1) is 11.4 Å². The molecule has 1 saturated heterocycles. The normalized spacial score (nSPS) is 20.9. The van der Waals surface area contributed by atoms with Crippen LogP contribution in [0.2, 0.25) is 0 Å². The van der Waals surface area contributed by atoms with Crippen LogP contribution in [0, 0.1) is 19.8 Å². The maximum absolute atomic E-state index is 6.07. The molecular weight excluding hydrogens is 354 g/mol. The summed E-state index contributed by atoms with van der Waals surface area (Å²) in [5, 5.41) is 5.67. The Hall–Kier alpha value is -1.47. The van der Waals surface area contributed by atoms with Crippen LogP contribution in [-0.2, 0) is 6.54 Å². The molecule has 1 aromatic carbocycles. The van der Waals surface area contributed by atoms with Crippen molar-refractivity contribution < 1.29 is 0 Å². The Labute approximate surface area is 158 Å². The van der Waals surface area contributed by atoms with Crippen LogP contribution in [0.3, 0.4) is 0 Å². The van der Waals surface area contributed by atoms with Crippen LogP contribution < -0.4 is 5.73 Å². The number of imidazole rings is 1. The number of halogens is 1. The van der Waals surface area contributed by atoms with E-state index in [1.807, 2.05) is 11.4 Å². The van der Waals surface area contributed by atoms with Crippen LogP contribution in [0.15, 0.2) is 30.3 Å². The fraction of sp³-hybridized carbons (Fsp3) is 0.444. The molecule has 0 spiro atoms. The first-order chi connectivity index (χ1) is 11.7. The highest BCUT2D eigenvalue weighted by molar-refractivity contribution is 7.16. The van der Waals surface area contributed by atoms with Crippen molar-refractivity contribution >= 4 is 28.7 Å². The van der Waals surface area contributed by atoms with E-state index >= 15 is 0 Å². The highest BCUT2D eigenvalue weighted by atomic mass is 35.5. The Kier molecular flexibility index (Phi) is 5.43. The average Bonchev–Trinajstić information content (AvgIpc) is 3.23. The first-order valence-electron chi connectivity index (χ1n) is 8.44. The monoisotopic (exact) mass is 377 g/mol. The lowest BCUT2D eigenvalue weighted by Gasteiger charge is -2.16. The zero-order chi connectivity index (χ0) is 16.7. The van der Waals surface area contributed by atoms with Crippen LogP contribution in [0.25, 0.3) is 4.96 Å². The molecule has 7 heteroatoms. The molecule has 1 fully saturated rings. The molecule has 0 aliphatic carbocycles. The van der Waals surface area contributed by atoms with E-state index in [2.05, 4.69) is 52.2 Å². The predicted octanol–water partition coefficient (Wildman–Crippen LogP) is 3.00. The molecule has 1 aliphatic rings. The van der Waals surface area contributed by atoms with Gasteiger partial charge in [0, 0.05) is 25.6 Å². The maximum atomic E-state index is 6.07. The smallest absolute Gasteiger partial charge is 0.212 e. The minimum atomic E-state index is 0. The fourth-order valence-electron chi connectivity index (χ4n) is 3.79. The molecule has 2 N–H and O–H groups in total. The van der Waals surface area contributed by atoms with E-state index in [0.717, 1.165) is 41.8 Å². The van der Waals surface area contributed by atoms with Crippen LogP contribution in [0.4, 0.5) is 0 Å². The van der Waals surface area contributed by atoms with Gasteiger partial charge in [-0.3, -0.25) is 4.90 Å². The molecule has 134 valence electrons. The molecule has 25 heavy (non-hydrogen) atoms. The number of aryl methyl sites for hydroxylation is 2. The van der Waals surface area contributed by atoms with E-state index in [1.165, 1.54) is 11.3 Å². The number of hydrogen-bond donors (Lipinski definition) is 1. The molecule has 2 aromatic heterocycles. The Morgan fingerprint density at radius 1 is 1.20 bits per heavy atom. The molecule has 5 nitrogen and oxygen atoms in total. The van der Waals surface area contributed by atoms with E-state index in [-0.39, 0.29) is 12.4 Å². The number of hydrogen-bond acceptors (Lipinski definition) is 5. The van der Waals surface area contributed by atoms with Gasteiger partial charge in [-0.1, -0.05) is 41.7 Å². The molecular formula is C18H24ClN5S. The van der Waals surface area contributed by atoms with Gasteiger partial charge in [0.25, 0.3) is 0 Å². The van der Waals surface area contributed by atoms with Gasteiger partial charge in [-0.15, -0.1) is 12.4 Å². The first kappa shape index (κ1) is 18.3. The largest absolute Gasteiger partial charge is 0.330 e. The van der Waals surface area contributed by atoms with Gasteiger partial charge in [-0.2, -0.15) is 5.10 Å². The summed E-state index contributed by atoms with van der Waals surface area (Å²) in [7, 11) is 0. The standard InChI is InChI=1S/C18H23N5S.ClH/c1-12-17(23-18(20-12)24-13(2)21-23)11-22-9-15(8-19)16(10-22)14-6-4-3-5-7-14;/h3-7,15-16H,8-11,19H2,1-2H3;1H/t15-,16+;/m1./s1. The number of fused-ring (bicyclic) bond motifs is 1. The molecule has 0 saturated carbocycles. The lowest BCUT2D eigenvalue weighted by atomic mass is 9.89. The number of likely N-dealkylation sites (tertiary alicyclic amines) is 1. The Balaban J connectivity index is 0.00000182. The van der Waals surface area contributed by atoms with Crippen molar-refractivity contribution in [1.82, 2.24) is 19.5 Å². The summed E-state index contributed by atoms with van der Waals surface area (Å²) in [5.41, 5.74) is 9.76.